The van der Waals surface area contributed by atoms with Gasteiger partial charge in [-0.2, -0.15) is 0 Å². The Kier molecular flexibility index (Phi) is 21.2. The molecule has 0 radical (unpaired) electrons. The van der Waals surface area contributed by atoms with Crippen molar-refractivity contribution in [2.75, 3.05) is 19.7 Å². The standard InChI is InChI=1S/C33H53O17P/c1-8-13-24(36)46-29-23(18-51(41,44-19-42-21(6)34)45-20-43-22(7)35)30(47-25(37)14-9-2)32(49-27(39)16-11-4)33(50-28(40)17-12-5)31(29)48-26(38)15-10-3/h23,29-33H,8-20H2,1-7H3/t23?,29-,30+,31-,32-,33?/m1/s1. The molecular weight excluding hydrogens is 699 g/mol. The molecule has 2 unspecified atom stereocenters. The molecule has 0 bridgehead atoms. The zero-order valence-corrected chi connectivity index (χ0v) is 31.4. The van der Waals surface area contributed by atoms with Gasteiger partial charge >= 0.3 is 49.4 Å². The van der Waals surface area contributed by atoms with Crippen LogP contribution in [-0.4, -0.2) is 92.1 Å². The lowest BCUT2D eigenvalue weighted by atomic mass is 9.78. The smallest absolute Gasteiger partial charge is 0.337 e. The first kappa shape index (κ1) is 45.5. The van der Waals surface area contributed by atoms with E-state index in [1.54, 1.807) is 34.6 Å². The van der Waals surface area contributed by atoms with Crippen LogP contribution in [0.3, 0.4) is 0 Å². The minimum atomic E-state index is -4.62. The molecule has 0 spiro atoms. The summed E-state index contributed by atoms with van der Waals surface area (Å²) >= 11 is 0. The van der Waals surface area contributed by atoms with Crippen molar-refractivity contribution in [1.82, 2.24) is 0 Å². The molecule has 0 saturated heterocycles. The first-order valence-corrected chi connectivity index (χ1v) is 19.0. The molecule has 17 nitrogen and oxygen atoms in total. The Balaban J connectivity index is 4.13. The fraction of sp³-hybridized carbons (Fsp3) is 0.788. The van der Waals surface area contributed by atoms with Gasteiger partial charge in [0.15, 0.2) is 18.3 Å². The van der Waals surface area contributed by atoms with Crippen LogP contribution in [0.5, 0.6) is 0 Å². The number of esters is 7. The topological polar surface area (TPSA) is 220 Å². The summed E-state index contributed by atoms with van der Waals surface area (Å²) in [6.45, 7) is 8.85. The average molecular weight is 753 g/mol. The Bertz CT molecular complexity index is 1140. The van der Waals surface area contributed by atoms with E-state index < -0.39 is 106 Å². The lowest BCUT2D eigenvalue weighted by molar-refractivity contribution is -0.245. The molecular formula is C33H53O17P. The van der Waals surface area contributed by atoms with Gasteiger partial charge in [0, 0.05) is 46.0 Å². The summed E-state index contributed by atoms with van der Waals surface area (Å²) in [5, 5.41) is 0. The van der Waals surface area contributed by atoms with Gasteiger partial charge in [-0.25, -0.2) is 0 Å². The molecule has 0 aromatic heterocycles. The predicted molar refractivity (Wildman–Crippen MR) is 175 cm³/mol. The maximum absolute atomic E-state index is 14.4. The summed E-state index contributed by atoms with van der Waals surface area (Å²) < 4.78 is 63.9. The summed E-state index contributed by atoms with van der Waals surface area (Å²) in [6.07, 6.45) is -8.14. The Morgan fingerprint density at radius 2 is 0.706 bits per heavy atom. The van der Waals surface area contributed by atoms with Crippen molar-refractivity contribution in [1.29, 1.82) is 0 Å². The largest absolute Gasteiger partial charge is 0.458 e. The van der Waals surface area contributed by atoms with Crippen molar-refractivity contribution in [2.45, 2.75) is 143 Å². The van der Waals surface area contributed by atoms with Crippen LogP contribution in [0.1, 0.15) is 113 Å². The third-order valence-corrected chi connectivity index (χ3v) is 9.07. The van der Waals surface area contributed by atoms with Crippen LogP contribution in [0.4, 0.5) is 0 Å². The molecule has 0 aromatic carbocycles. The van der Waals surface area contributed by atoms with Gasteiger partial charge in [0.05, 0.1) is 12.1 Å². The molecule has 1 saturated carbocycles. The Morgan fingerprint density at radius 1 is 0.451 bits per heavy atom. The third kappa shape index (κ3) is 16.6. The highest BCUT2D eigenvalue weighted by Crippen LogP contribution is 2.53. The van der Waals surface area contributed by atoms with Crippen molar-refractivity contribution >= 4 is 49.4 Å². The van der Waals surface area contributed by atoms with E-state index in [2.05, 4.69) is 0 Å². The molecule has 6 atom stereocenters. The second kappa shape index (κ2) is 23.8. The second-order valence-electron chi connectivity index (χ2n) is 11.7. The van der Waals surface area contributed by atoms with E-state index in [4.69, 9.17) is 42.2 Å². The highest BCUT2D eigenvalue weighted by atomic mass is 31.2. The summed E-state index contributed by atoms with van der Waals surface area (Å²) in [5.74, 6) is -7.12. The molecule has 1 rings (SSSR count). The number of hydrogen-bond acceptors (Lipinski definition) is 17. The van der Waals surface area contributed by atoms with E-state index in [0.29, 0.717) is 32.1 Å². The highest BCUT2D eigenvalue weighted by Gasteiger charge is 2.61. The molecule has 0 N–H and O–H groups in total. The number of hydrogen-bond donors (Lipinski definition) is 0. The van der Waals surface area contributed by atoms with Crippen LogP contribution in [0, 0.1) is 5.92 Å². The molecule has 1 fully saturated rings. The van der Waals surface area contributed by atoms with Crippen molar-refractivity contribution in [3.8, 4) is 0 Å². The van der Waals surface area contributed by atoms with Crippen LogP contribution in [0.2, 0.25) is 0 Å². The van der Waals surface area contributed by atoms with Crippen LogP contribution in [0.25, 0.3) is 0 Å². The fourth-order valence-electron chi connectivity index (χ4n) is 5.01. The first-order chi connectivity index (χ1) is 24.1. The van der Waals surface area contributed by atoms with Gasteiger partial charge in [0.25, 0.3) is 0 Å². The number of carbonyl (C=O) groups is 7. The van der Waals surface area contributed by atoms with Gasteiger partial charge in [-0.3, -0.25) is 47.2 Å². The minimum Gasteiger partial charge on any atom is -0.458 e. The molecule has 51 heavy (non-hydrogen) atoms. The van der Waals surface area contributed by atoms with E-state index >= 15 is 0 Å². The average Bonchev–Trinajstić information content (AvgIpc) is 3.02. The van der Waals surface area contributed by atoms with Crippen LogP contribution >= 0.6 is 7.60 Å². The second-order valence-corrected chi connectivity index (χ2v) is 13.8. The summed E-state index contributed by atoms with van der Waals surface area (Å²) in [5.41, 5.74) is 0. The monoisotopic (exact) mass is 752 g/mol. The van der Waals surface area contributed by atoms with Gasteiger partial charge < -0.3 is 33.2 Å². The summed E-state index contributed by atoms with van der Waals surface area (Å²) in [6, 6.07) is 0. The Hall–Kier alpha value is -3.56. The van der Waals surface area contributed by atoms with E-state index in [1.807, 2.05) is 0 Å². The van der Waals surface area contributed by atoms with E-state index in [0.717, 1.165) is 13.8 Å². The van der Waals surface area contributed by atoms with E-state index in [-0.39, 0.29) is 32.1 Å². The molecule has 0 amide bonds. The first-order valence-electron chi connectivity index (χ1n) is 17.3. The minimum absolute atomic E-state index is 0.102. The van der Waals surface area contributed by atoms with Crippen molar-refractivity contribution < 1.29 is 80.3 Å². The van der Waals surface area contributed by atoms with Gasteiger partial charge in [-0.15, -0.1) is 0 Å². The van der Waals surface area contributed by atoms with Gasteiger partial charge in [0.1, 0.15) is 12.2 Å². The molecule has 0 aromatic rings. The third-order valence-electron chi connectivity index (χ3n) is 7.21. The SMILES string of the molecule is CCCC(=O)OC1[C@H](OC(=O)CCC)[C@H](OC(=O)CCC)C(CP(=O)(OCOC(C)=O)OCOC(C)=O)[C@H](OC(=O)CCC)[C@H]1OC(=O)CCC. The van der Waals surface area contributed by atoms with Crippen molar-refractivity contribution in [3.05, 3.63) is 0 Å². The molecule has 292 valence electrons. The lowest BCUT2D eigenvalue weighted by Gasteiger charge is -2.48. The predicted octanol–water partition coefficient (Wildman–Crippen LogP) is 4.44. The summed E-state index contributed by atoms with van der Waals surface area (Å²) in [4.78, 5) is 88.6. The maximum Gasteiger partial charge on any atom is 0.337 e. The maximum atomic E-state index is 14.4. The highest BCUT2D eigenvalue weighted by molar-refractivity contribution is 7.53. The Morgan fingerprint density at radius 3 is 0.961 bits per heavy atom. The molecule has 0 heterocycles. The van der Waals surface area contributed by atoms with Crippen molar-refractivity contribution in [2.24, 2.45) is 5.92 Å². The van der Waals surface area contributed by atoms with Gasteiger partial charge in [-0.1, -0.05) is 34.6 Å². The van der Waals surface area contributed by atoms with Crippen LogP contribution in [-0.2, 0) is 80.3 Å². The number of carbonyl (C=O) groups excluding carboxylic acids is 7. The molecule has 18 heteroatoms. The van der Waals surface area contributed by atoms with Crippen LogP contribution in [0.15, 0.2) is 0 Å². The normalized spacial score (nSPS) is 21.5. The summed E-state index contributed by atoms with van der Waals surface area (Å²) in [7, 11) is -4.62. The molecule has 1 aliphatic carbocycles. The zero-order chi connectivity index (χ0) is 38.6. The van der Waals surface area contributed by atoms with Gasteiger partial charge in [-0.05, 0) is 32.1 Å². The number of rotatable bonds is 23. The quantitative estimate of drug-likeness (QED) is 0.0609. The zero-order valence-electron chi connectivity index (χ0n) is 30.5. The van der Waals surface area contributed by atoms with Crippen molar-refractivity contribution in [3.63, 3.8) is 0 Å². The van der Waals surface area contributed by atoms with Gasteiger partial charge in [0.2, 0.25) is 13.6 Å². The Labute approximate surface area is 298 Å². The van der Waals surface area contributed by atoms with E-state index in [1.165, 1.54) is 0 Å². The fourth-order valence-corrected chi connectivity index (χ4v) is 6.65. The van der Waals surface area contributed by atoms with Crippen LogP contribution < -0.4 is 0 Å². The van der Waals surface area contributed by atoms with E-state index in [9.17, 15) is 38.1 Å². The number of ether oxygens (including phenoxy) is 7. The lowest BCUT2D eigenvalue weighted by Crippen LogP contribution is -2.66. The molecule has 1 aliphatic rings. The molecule has 0 aliphatic heterocycles.